The van der Waals surface area contributed by atoms with Crippen molar-refractivity contribution in [2.45, 2.75) is 44.2 Å². The zero-order valence-corrected chi connectivity index (χ0v) is 20.5. The third-order valence-corrected chi connectivity index (χ3v) is 6.29. The van der Waals surface area contributed by atoms with E-state index in [4.69, 9.17) is 29.3 Å². The van der Waals surface area contributed by atoms with Crippen molar-refractivity contribution in [3.8, 4) is 0 Å². The first-order valence-corrected chi connectivity index (χ1v) is 11.8. The molecule has 1 unspecified atom stereocenters. The SMILES string of the molecule is O=C(O)C(F)(F)F.O=C(O)C(F)(F)F.c1ccc(CN2CCOCC3(CCN(C4CCOCC4)C3)C2)nc1. The van der Waals surface area contributed by atoms with Gasteiger partial charge in [-0.15, -0.1) is 0 Å². The molecule has 0 radical (unpaired) electrons. The smallest absolute Gasteiger partial charge is 0.475 e. The Morgan fingerprint density at radius 2 is 1.55 bits per heavy atom. The van der Waals surface area contributed by atoms with Gasteiger partial charge >= 0.3 is 24.3 Å². The lowest BCUT2D eigenvalue weighted by molar-refractivity contribution is -0.193. The maximum absolute atomic E-state index is 10.6. The summed E-state index contributed by atoms with van der Waals surface area (Å²) in [6.07, 6.45) is -4.64. The molecular weight excluding hydrogens is 528 g/mol. The lowest BCUT2D eigenvalue weighted by Crippen LogP contribution is -2.43. The van der Waals surface area contributed by atoms with Gasteiger partial charge in [0.1, 0.15) is 0 Å². The van der Waals surface area contributed by atoms with Gasteiger partial charge in [-0.1, -0.05) is 6.07 Å². The molecule has 0 bridgehead atoms. The number of halogens is 6. The number of ether oxygens (including phenoxy) is 2. The van der Waals surface area contributed by atoms with Crippen LogP contribution in [0, 0.1) is 5.41 Å². The lowest BCUT2D eigenvalue weighted by Gasteiger charge is -2.35. The van der Waals surface area contributed by atoms with Gasteiger partial charge in [0.15, 0.2) is 0 Å². The molecule has 0 saturated carbocycles. The fraction of sp³-hybridized carbons (Fsp3) is 0.696. The van der Waals surface area contributed by atoms with Crippen LogP contribution in [0.4, 0.5) is 26.3 Å². The fourth-order valence-electron chi connectivity index (χ4n) is 4.52. The molecule has 38 heavy (non-hydrogen) atoms. The van der Waals surface area contributed by atoms with Crippen LogP contribution in [0.1, 0.15) is 25.0 Å². The molecule has 0 aromatic carbocycles. The van der Waals surface area contributed by atoms with Crippen molar-refractivity contribution in [1.29, 1.82) is 0 Å². The number of carboxylic acid groups (broad SMARTS) is 2. The van der Waals surface area contributed by atoms with Crippen LogP contribution < -0.4 is 0 Å². The first kappa shape index (κ1) is 31.7. The van der Waals surface area contributed by atoms with Gasteiger partial charge < -0.3 is 19.7 Å². The van der Waals surface area contributed by atoms with E-state index in [1.807, 2.05) is 12.3 Å². The number of hydrogen-bond donors (Lipinski definition) is 2. The Bertz CT molecular complexity index is 859. The van der Waals surface area contributed by atoms with Gasteiger partial charge in [-0.25, -0.2) is 9.59 Å². The van der Waals surface area contributed by atoms with Gasteiger partial charge in [-0.05, 0) is 37.9 Å². The zero-order valence-electron chi connectivity index (χ0n) is 20.5. The zero-order chi connectivity index (χ0) is 28.4. The molecule has 9 nitrogen and oxygen atoms in total. The van der Waals surface area contributed by atoms with Crippen molar-refractivity contribution in [2.24, 2.45) is 5.41 Å². The molecule has 1 atom stereocenters. The molecular formula is C23H31F6N3O6. The third-order valence-electron chi connectivity index (χ3n) is 6.29. The number of rotatable bonds is 3. The third kappa shape index (κ3) is 10.7. The van der Waals surface area contributed by atoms with Gasteiger partial charge in [0.2, 0.25) is 0 Å². The summed E-state index contributed by atoms with van der Waals surface area (Å²) in [4.78, 5) is 27.5. The van der Waals surface area contributed by atoms with Crippen LogP contribution in [0.15, 0.2) is 24.4 Å². The molecule has 3 fully saturated rings. The molecule has 0 amide bonds. The second kappa shape index (κ2) is 14.1. The Morgan fingerprint density at radius 3 is 2.08 bits per heavy atom. The Labute approximate surface area is 215 Å². The number of alkyl halides is 6. The fourth-order valence-corrected chi connectivity index (χ4v) is 4.52. The van der Waals surface area contributed by atoms with Crippen molar-refractivity contribution in [2.75, 3.05) is 52.6 Å². The molecule has 3 saturated heterocycles. The quantitative estimate of drug-likeness (QED) is 0.540. The Kier molecular flexibility index (Phi) is 11.7. The summed E-state index contributed by atoms with van der Waals surface area (Å²) in [7, 11) is 0. The number of carboxylic acids is 2. The van der Waals surface area contributed by atoms with Crippen LogP contribution in [0.3, 0.4) is 0 Å². The minimum Gasteiger partial charge on any atom is -0.475 e. The van der Waals surface area contributed by atoms with Crippen molar-refractivity contribution < 1.29 is 55.6 Å². The van der Waals surface area contributed by atoms with Gasteiger partial charge in [0, 0.05) is 57.0 Å². The van der Waals surface area contributed by atoms with E-state index in [0.29, 0.717) is 11.5 Å². The summed E-state index contributed by atoms with van der Waals surface area (Å²) >= 11 is 0. The number of hydrogen-bond acceptors (Lipinski definition) is 7. The molecule has 3 aliphatic rings. The van der Waals surface area contributed by atoms with Crippen LogP contribution in [0.25, 0.3) is 0 Å². The maximum atomic E-state index is 10.6. The van der Waals surface area contributed by atoms with Gasteiger partial charge in [-0.3, -0.25) is 14.8 Å². The molecule has 1 spiro atoms. The average molecular weight is 560 g/mol. The van der Waals surface area contributed by atoms with Crippen molar-refractivity contribution in [3.63, 3.8) is 0 Å². The van der Waals surface area contributed by atoms with E-state index in [0.717, 1.165) is 51.8 Å². The first-order chi connectivity index (χ1) is 17.7. The highest BCUT2D eigenvalue weighted by Gasteiger charge is 2.43. The minimum absolute atomic E-state index is 0.295. The number of nitrogens with zero attached hydrogens (tertiary/aromatic N) is 3. The summed E-state index contributed by atoms with van der Waals surface area (Å²) in [5, 5.41) is 14.2. The molecule has 4 heterocycles. The number of aliphatic carboxylic acids is 2. The molecule has 4 rings (SSSR count). The molecule has 216 valence electrons. The van der Waals surface area contributed by atoms with Gasteiger partial charge in [-0.2, -0.15) is 26.3 Å². The summed E-state index contributed by atoms with van der Waals surface area (Å²) in [5.74, 6) is -5.51. The van der Waals surface area contributed by atoms with E-state index >= 15 is 0 Å². The van der Waals surface area contributed by atoms with E-state index in [2.05, 4.69) is 26.9 Å². The van der Waals surface area contributed by atoms with E-state index in [1.54, 1.807) is 0 Å². The Hall–Kier alpha value is -2.49. The first-order valence-electron chi connectivity index (χ1n) is 11.8. The summed E-state index contributed by atoms with van der Waals surface area (Å²) < 4.78 is 75.0. The highest BCUT2D eigenvalue weighted by atomic mass is 19.4. The topological polar surface area (TPSA) is 112 Å². The minimum atomic E-state index is -5.08. The Morgan fingerprint density at radius 1 is 0.947 bits per heavy atom. The van der Waals surface area contributed by atoms with Crippen molar-refractivity contribution >= 4 is 11.9 Å². The highest BCUT2D eigenvalue weighted by molar-refractivity contribution is 5.73. The van der Waals surface area contributed by atoms with E-state index in [-0.39, 0.29) is 0 Å². The summed E-state index contributed by atoms with van der Waals surface area (Å²) in [5.41, 5.74) is 1.46. The molecule has 2 N–H and O–H groups in total. The van der Waals surface area contributed by atoms with E-state index in [9.17, 15) is 26.3 Å². The van der Waals surface area contributed by atoms with Crippen LogP contribution in [0.5, 0.6) is 0 Å². The predicted octanol–water partition coefficient (Wildman–Crippen LogP) is 3.05. The Balaban J connectivity index is 0.000000301. The number of carbonyl (C=O) groups is 2. The second-order valence-electron chi connectivity index (χ2n) is 9.25. The standard InChI is InChI=1S/C19H29N3O2.2C2HF3O2/c1-2-7-20-17(3-1)13-21-9-12-24-16-19(14-21)6-8-22(15-19)18-4-10-23-11-5-18;2*3-2(4,5)1(6)7/h1-3,7,18H,4-6,8-16H2;2*(H,6,7). The maximum Gasteiger partial charge on any atom is 0.490 e. The van der Waals surface area contributed by atoms with Crippen LogP contribution in [-0.4, -0.2) is 108 Å². The van der Waals surface area contributed by atoms with Crippen LogP contribution >= 0.6 is 0 Å². The number of likely N-dealkylation sites (tertiary alicyclic amines) is 1. The number of aromatic nitrogens is 1. The second-order valence-corrected chi connectivity index (χ2v) is 9.25. The van der Waals surface area contributed by atoms with Gasteiger partial charge in [0.05, 0.1) is 18.9 Å². The molecule has 1 aromatic heterocycles. The largest absolute Gasteiger partial charge is 0.490 e. The molecule has 1 aromatic rings. The summed E-state index contributed by atoms with van der Waals surface area (Å²) in [6, 6.07) is 6.90. The molecule has 0 aliphatic carbocycles. The molecule has 3 aliphatic heterocycles. The number of pyridine rings is 1. The lowest BCUT2D eigenvalue weighted by atomic mass is 9.87. The molecule has 15 heteroatoms. The van der Waals surface area contributed by atoms with Crippen LogP contribution in [-0.2, 0) is 25.6 Å². The van der Waals surface area contributed by atoms with Crippen molar-refractivity contribution in [3.05, 3.63) is 30.1 Å². The van der Waals surface area contributed by atoms with E-state index in [1.165, 1.54) is 32.4 Å². The summed E-state index contributed by atoms with van der Waals surface area (Å²) in [6.45, 7) is 9.06. The predicted molar refractivity (Wildman–Crippen MR) is 120 cm³/mol. The monoisotopic (exact) mass is 559 g/mol. The van der Waals surface area contributed by atoms with Gasteiger partial charge in [0.25, 0.3) is 0 Å². The van der Waals surface area contributed by atoms with Crippen LogP contribution in [0.2, 0.25) is 0 Å². The van der Waals surface area contributed by atoms with Crippen molar-refractivity contribution in [1.82, 2.24) is 14.8 Å². The van der Waals surface area contributed by atoms with E-state index < -0.39 is 24.3 Å². The normalized spacial score (nSPS) is 23.5. The average Bonchev–Trinajstić information content (AvgIpc) is 3.16. The highest BCUT2D eigenvalue weighted by Crippen LogP contribution is 2.36.